The topological polar surface area (TPSA) is 35.6 Å². The average Bonchev–Trinajstić information content (AvgIpc) is 3.39. The van der Waals surface area contributed by atoms with Crippen molar-refractivity contribution in [2.24, 2.45) is 5.92 Å². The Balaban J connectivity index is 1.45. The van der Waals surface area contributed by atoms with Gasteiger partial charge in [-0.25, -0.2) is 0 Å². The van der Waals surface area contributed by atoms with Crippen LogP contribution in [0.25, 0.3) is 0 Å². The Labute approximate surface area is 139 Å². The van der Waals surface area contributed by atoms with Crippen LogP contribution in [0, 0.1) is 5.92 Å². The lowest BCUT2D eigenvalue weighted by atomic mass is 10.0. The monoisotopic (exact) mass is 315 g/mol. The zero-order valence-corrected chi connectivity index (χ0v) is 14.2. The molecule has 1 unspecified atom stereocenters. The average molecular weight is 315 g/mol. The largest absolute Gasteiger partial charge is 0.340 e. The second kappa shape index (κ2) is 7.93. The van der Waals surface area contributed by atoms with Crippen molar-refractivity contribution in [3.8, 4) is 0 Å². The smallest absolute Gasteiger partial charge is 0.236 e. The van der Waals surface area contributed by atoms with E-state index in [1.165, 1.54) is 24.8 Å². The van der Waals surface area contributed by atoms with Gasteiger partial charge < -0.3 is 10.2 Å². The molecule has 1 heterocycles. The van der Waals surface area contributed by atoms with E-state index in [2.05, 4.69) is 40.5 Å². The van der Waals surface area contributed by atoms with Gasteiger partial charge in [-0.3, -0.25) is 9.69 Å². The number of piperidine rings is 1. The van der Waals surface area contributed by atoms with Crippen LogP contribution in [0.15, 0.2) is 30.3 Å². The summed E-state index contributed by atoms with van der Waals surface area (Å²) in [5.41, 5.74) is 1.35. The Morgan fingerprint density at radius 1 is 1.26 bits per heavy atom. The van der Waals surface area contributed by atoms with Crippen LogP contribution >= 0.6 is 0 Å². The molecule has 0 radical (unpaired) electrons. The predicted octanol–water partition coefficient (Wildman–Crippen LogP) is 2.11. The first-order chi connectivity index (χ1) is 11.2. The van der Waals surface area contributed by atoms with Gasteiger partial charge in [-0.1, -0.05) is 30.3 Å². The first-order valence-electron chi connectivity index (χ1n) is 8.95. The highest BCUT2D eigenvalue weighted by atomic mass is 16.2. The fraction of sp³-hybridized carbons (Fsp3) is 0.632. The van der Waals surface area contributed by atoms with Crippen LogP contribution in [0.4, 0.5) is 0 Å². The highest BCUT2D eigenvalue weighted by Crippen LogP contribution is 2.27. The first-order valence-corrected chi connectivity index (χ1v) is 8.95. The van der Waals surface area contributed by atoms with Crippen LogP contribution in [0.2, 0.25) is 0 Å². The summed E-state index contributed by atoms with van der Waals surface area (Å²) in [5.74, 6) is 1.06. The van der Waals surface area contributed by atoms with Crippen LogP contribution in [0.1, 0.15) is 31.2 Å². The maximum absolute atomic E-state index is 12.4. The second-order valence-corrected chi connectivity index (χ2v) is 7.10. The normalized spacial score (nSPS) is 22.0. The summed E-state index contributed by atoms with van der Waals surface area (Å²) in [5, 5.41) is 3.31. The third-order valence-corrected chi connectivity index (χ3v) is 5.08. The van der Waals surface area contributed by atoms with Crippen molar-refractivity contribution < 1.29 is 4.79 Å². The minimum Gasteiger partial charge on any atom is -0.340 e. The predicted molar refractivity (Wildman–Crippen MR) is 93.1 cm³/mol. The lowest BCUT2D eigenvalue weighted by Crippen LogP contribution is -2.50. The van der Waals surface area contributed by atoms with Gasteiger partial charge in [-0.15, -0.1) is 0 Å². The first kappa shape index (κ1) is 16.5. The molecular weight excluding hydrogens is 286 g/mol. The third kappa shape index (κ3) is 5.05. The van der Waals surface area contributed by atoms with Crippen molar-refractivity contribution in [1.82, 2.24) is 15.1 Å². The molecular formula is C19H29N3O. The molecule has 0 aromatic heterocycles. The van der Waals surface area contributed by atoms with E-state index in [9.17, 15) is 4.79 Å². The van der Waals surface area contributed by atoms with E-state index < -0.39 is 0 Å². The van der Waals surface area contributed by atoms with E-state index >= 15 is 0 Å². The van der Waals surface area contributed by atoms with Crippen molar-refractivity contribution in [2.45, 2.75) is 38.3 Å². The molecule has 1 amide bonds. The molecule has 0 bridgehead atoms. The number of nitrogens with one attached hydrogen (secondary N) is 1. The number of rotatable bonds is 7. The summed E-state index contributed by atoms with van der Waals surface area (Å²) in [6, 6.07) is 11.0. The molecule has 1 aromatic carbocycles. The van der Waals surface area contributed by atoms with Gasteiger partial charge in [0.25, 0.3) is 0 Å². The van der Waals surface area contributed by atoms with Crippen molar-refractivity contribution in [2.75, 3.05) is 33.2 Å². The maximum Gasteiger partial charge on any atom is 0.236 e. The zero-order valence-electron chi connectivity index (χ0n) is 14.2. The van der Waals surface area contributed by atoms with Gasteiger partial charge in [0.15, 0.2) is 0 Å². The molecule has 1 saturated carbocycles. The van der Waals surface area contributed by atoms with E-state index in [1.54, 1.807) is 0 Å². The lowest BCUT2D eigenvalue weighted by molar-refractivity contribution is -0.132. The number of hydrogen-bond acceptors (Lipinski definition) is 3. The van der Waals surface area contributed by atoms with Crippen LogP contribution in [0.5, 0.6) is 0 Å². The summed E-state index contributed by atoms with van der Waals surface area (Å²) >= 11 is 0. The molecule has 23 heavy (non-hydrogen) atoms. The van der Waals surface area contributed by atoms with Gasteiger partial charge >= 0.3 is 0 Å². The molecule has 4 heteroatoms. The third-order valence-electron chi connectivity index (χ3n) is 5.08. The standard InChI is InChI=1S/C19H29N3O/c1-21(19(23)13-20-12-16-9-10-16)18-8-5-11-22(15-18)14-17-6-3-2-4-7-17/h2-4,6-7,16,18,20H,5,8-15H2,1H3. The molecule has 126 valence electrons. The molecule has 1 saturated heterocycles. The summed E-state index contributed by atoms with van der Waals surface area (Å²) in [6.07, 6.45) is 4.95. The van der Waals surface area contributed by atoms with Gasteiger partial charge in [-0.05, 0) is 50.3 Å². The second-order valence-electron chi connectivity index (χ2n) is 7.10. The number of likely N-dealkylation sites (N-methyl/N-ethyl adjacent to an activating group) is 1. The van der Waals surface area contributed by atoms with E-state index in [-0.39, 0.29) is 5.91 Å². The van der Waals surface area contributed by atoms with Crippen LogP contribution in [-0.4, -0.2) is 55.0 Å². The molecule has 2 fully saturated rings. The number of amides is 1. The number of carbonyl (C=O) groups excluding carboxylic acids is 1. The number of carbonyl (C=O) groups is 1. The minimum absolute atomic E-state index is 0.234. The molecule has 1 aromatic rings. The Morgan fingerprint density at radius 2 is 2.04 bits per heavy atom. The minimum atomic E-state index is 0.234. The number of benzene rings is 1. The molecule has 0 spiro atoms. The van der Waals surface area contributed by atoms with E-state index in [0.29, 0.717) is 12.6 Å². The zero-order chi connectivity index (χ0) is 16.1. The molecule has 2 aliphatic rings. The highest BCUT2D eigenvalue weighted by Gasteiger charge is 2.26. The lowest BCUT2D eigenvalue weighted by Gasteiger charge is -2.37. The molecule has 1 aliphatic heterocycles. The van der Waals surface area contributed by atoms with Crippen LogP contribution in [-0.2, 0) is 11.3 Å². The summed E-state index contributed by atoms with van der Waals surface area (Å²) < 4.78 is 0. The summed E-state index contributed by atoms with van der Waals surface area (Å²) in [7, 11) is 1.97. The van der Waals surface area contributed by atoms with Gasteiger partial charge in [0.05, 0.1) is 6.54 Å². The summed E-state index contributed by atoms with van der Waals surface area (Å²) in [4.78, 5) is 16.8. The van der Waals surface area contributed by atoms with Gasteiger partial charge in [-0.2, -0.15) is 0 Å². The number of likely N-dealkylation sites (tertiary alicyclic amines) is 1. The highest BCUT2D eigenvalue weighted by molar-refractivity contribution is 5.78. The van der Waals surface area contributed by atoms with E-state index in [4.69, 9.17) is 0 Å². The Kier molecular flexibility index (Phi) is 5.68. The molecule has 3 rings (SSSR count). The van der Waals surface area contributed by atoms with Gasteiger partial charge in [0, 0.05) is 26.2 Å². The van der Waals surface area contributed by atoms with Crippen molar-refractivity contribution in [1.29, 1.82) is 0 Å². The van der Waals surface area contributed by atoms with E-state index in [1.807, 2.05) is 11.9 Å². The maximum atomic E-state index is 12.4. The Morgan fingerprint density at radius 3 is 2.78 bits per heavy atom. The fourth-order valence-corrected chi connectivity index (χ4v) is 3.37. The molecule has 1 aliphatic carbocycles. The van der Waals surface area contributed by atoms with Crippen molar-refractivity contribution in [3.63, 3.8) is 0 Å². The Bertz CT molecular complexity index is 501. The molecule has 1 atom stereocenters. The van der Waals surface area contributed by atoms with Crippen molar-refractivity contribution >= 4 is 5.91 Å². The fourth-order valence-electron chi connectivity index (χ4n) is 3.37. The number of nitrogens with zero attached hydrogens (tertiary/aromatic N) is 2. The quantitative estimate of drug-likeness (QED) is 0.837. The SMILES string of the molecule is CN(C(=O)CNCC1CC1)C1CCCN(Cc2ccccc2)C1. The summed E-state index contributed by atoms with van der Waals surface area (Å²) in [6.45, 7) is 4.60. The van der Waals surface area contributed by atoms with Crippen LogP contribution in [0.3, 0.4) is 0 Å². The Hall–Kier alpha value is -1.39. The van der Waals surface area contributed by atoms with Crippen molar-refractivity contribution in [3.05, 3.63) is 35.9 Å². The van der Waals surface area contributed by atoms with Gasteiger partial charge in [0.1, 0.15) is 0 Å². The van der Waals surface area contributed by atoms with E-state index in [0.717, 1.165) is 38.5 Å². The molecule has 4 nitrogen and oxygen atoms in total. The molecule has 1 N–H and O–H groups in total. The number of hydrogen-bond donors (Lipinski definition) is 1. The van der Waals surface area contributed by atoms with Gasteiger partial charge in [0.2, 0.25) is 5.91 Å². The van der Waals surface area contributed by atoms with Crippen LogP contribution < -0.4 is 5.32 Å².